The Balaban J connectivity index is 1.13. The van der Waals surface area contributed by atoms with Gasteiger partial charge in [0.25, 0.3) is 0 Å². The molecule has 2 aromatic heterocycles. The molecule has 1 spiro atoms. The zero-order valence-electron chi connectivity index (χ0n) is 30.3. The highest BCUT2D eigenvalue weighted by Crippen LogP contribution is 2.61. The number of nitrogens with zero attached hydrogens (tertiary/aromatic N) is 2. The van der Waals surface area contributed by atoms with Crippen LogP contribution >= 0.6 is 0 Å². The van der Waals surface area contributed by atoms with E-state index >= 15 is 0 Å². The summed E-state index contributed by atoms with van der Waals surface area (Å²) in [6.45, 7) is 0. The first-order valence-electron chi connectivity index (χ1n) is 19.2. The van der Waals surface area contributed by atoms with Crippen molar-refractivity contribution in [3.05, 3.63) is 216 Å². The molecule has 0 amide bonds. The lowest BCUT2D eigenvalue weighted by atomic mass is 9.65. The number of hydrogen-bond donors (Lipinski definition) is 0. The van der Waals surface area contributed by atoms with Gasteiger partial charge in [0.05, 0.1) is 16.8 Å². The molecule has 3 nitrogen and oxygen atoms in total. The number of aromatic nitrogens is 2. The van der Waals surface area contributed by atoms with Gasteiger partial charge in [0, 0.05) is 27.5 Å². The maximum Gasteiger partial charge on any atom is 0.160 e. The lowest BCUT2D eigenvalue weighted by Gasteiger charge is -2.35. The average Bonchev–Trinajstić information content (AvgIpc) is 3.76. The van der Waals surface area contributed by atoms with E-state index in [9.17, 15) is 0 Å². The fourth-order valence-corrected chi connectivity index (χ4v) is 9.55. The van der Waals surface area contributed by atoms with Crippen LogP contribution in [0.4, 0.5) is 0 Å². The number of rotatable bonds is 3. The predicted octanol–water partition coefficient (Wildman–Crippen LogP) is 13.4. The van der Waals surface area contributed by atoms with E-state index in [0.29, 0.717) is 5.82 Å². The first-order valence-corrected chi connectivity index (χ1v) is 19.2. The van der Waals surface area contributed by atoms with E-state index in [4.69, 9.17) is 14.4 Å². The molecule has 12 rings (SSSR count). The van der Waals surface area contributed by atoms with Crippen molar-refractivity contribution in [2.24, 2.45) is 0 Å². The summed E-state index contributed by atoms with van der Waals surface area (Å²) >= 11 is 0. The van der Waals surface area contributed by atoms with Crippen LogP contribution in [0.5, 0.6) is 0 Å². The third kappa shape index (κ3) is 4.34. The molecule has 10 aromatic rings. The fraction of sp³-hybridized carbons (Fsp3) is 0.0189. The van der Waals surface area contributed by atoms with Crippen LogP contribution in [-0.4, -0.2) is 9.97 Å². The number of furan rings is 1. The number of para-hydroxylation sites is 1. The van der Waals surface area contributed by atoms with Gasteiger partial charge in [0.2, 0.25) is 0 Å². The van der Waals surface area contributed by atoms with Gasteiger partial charge in [-0.25, -0.2) is 9.97 Å². The SMILES string of the molecule is c1ccc(-c2cc(-c3ccc4c(c3)C3(c5ccccc5-c5ccccc5-c5ccccc53)c3ccccc3-4)nc(-c3ccc4oc5ccccc5c4c3)n2)cc1. The molecule has 0 N–H and O–H groups in total. The van der Waals surface area contributed by atoms with Crippen LogP contribution in [0.25, 0.3) is 89.2 Å². The molecule has 2 aliphatic rings. The molecule has 0 unspecified atom stereocenters. The van der Waals surface area contributed by atoms with Crippen LogP contribution in [0, 0.1) is 0 Å². The van der Waals surface area contributed by atoms with Crippen LogP contribution in [-0.2, 0) is 5.41 Å². The van der Waals surface area contributed by atoms with Gasteiger partial charge in [-0.3, -0.25) is 0 Å². The average molecular weight is 713 g/mol. The molecular formula is C53H32N2O. The van der Waals surface area contributed by atoms with Crippen molar-refractivity contribution in [3.8, 4) is 67.3 Å². The molecule has 2 heterocycles. The van der Waals surface area contributed by atoms with Crippen LogP contribution in [0.3, 0.4) is 0 Å². The van der Waals surface area contributed by atoms with E-state index in [1.54, 1.807) is 0 Å². The van der Waals surface area contributed by atoms with Crippen molar-refractivity contribution >= 4 is 21.9 Å². The Morgan fingerprint density at radius 2 is 0.821 bits per heavy atom. The largest absolute Gasteiger partial charge is 0.456 e. The third-order valence-corrected chi connectivity index (χ3v) is 11.9. The molecule has 8 aromatic carbocycles. The van der Waals surface area contributed by atoms with Gasteiger partial charge >= 0.3 is 0 Å². The van der Waals surface area contributed by atoms with Gasteiger partial charge in [-0.2, -0.15) is 0 Å². The van der Waals surface area contributed by atoms with Crippen LogP contribution < -0.4 is 0 Å². The van der Waals surface area contributed by atoms with Crippen molar-refractivity contribution in [2.45, 2.75) is 5.41 Å². The van der Waals surface area contributed by atoms with E-state index < -0.39 is 5.41 Å². The molecule has 0 radical (unpaired) electrons. The Labute approximate surface area is 324 Å². The minimum Gasteiger partial charge on any atom is -0.456 e. The molecule has 56 heavy (non-hydrogen) atoms. The van der Waals surface area contributed by atoms with Crippen molar-refractivity contribution < 1.29 is 4.42 Å². The Bertz CT molecular complexity index is 3140. The first-order chi connectivity index (χ1) is 27.8. The highest BCUT2D eigenvalue weighted by molar-refractivity contribution is 6.06. The van der Waals surface area contributed by atoms with Gasteiger partial charge < -0.3 is 4.42 Å². The highest BCUT2D eigenvalue weighted by atomic mass is 16.3. The molecule has 0 saturated carbocycles. The quantitative estimate of drug-likeness (QED) is 0.183. The van der Waals surface area contributed by atoms with E-state index in [-0.39, 0.29) is 0 Å². The maximum absolute atomic E-state index is 6.19. The number of fused-ring (bicyclic) bond motifs is 15. The van der Waals surface area contributed by atoms with Crippen molar-refractivity contribution in [1.29, 1.82) is 0 Å². The van der Waals surface area contributed by atoms with Crippen molar-refractivity contribution in [2.75, 3.05) is 0 Å². The summed E-state index contributed by atoms with van der Waals surface area (Å²) < 4.78 is 6.19. The summed E-state index contributed by atoms with van der Waals surface area (Å²) in [4.78, 5) is 10.6. The summed E-state index contributed by atoms with van der Waals surface area (Å²) in [5, 5.41) is 2.13. The van der Waals surface area contributed by atoms with Crippen LogP contribution in [0.2, 0.25) is 0 Å². The second kappa shape index (κ2) is 11.8. The lowest BCUT2D eigenvalue weighted by Crippen LogP contribution is -2.29. The van der Waals surface area contributed by atoms with Crippen molar-refractivity contribution in [3.63, 3.8) is 0 Å². The number of benzene rings is 8. The maximum atomic E-state index is 6.19. The van der Waals surface area contributed by atoms with Crippen LogP contribution in [0.1, 0.15) is 22.3 Å². The lowest BCUT2D eigenvalue weighted by molar-refractivity contribution is 0.669. The van der Waals surface area contributed by atoms with Crippen LogP contribution in [0.15, 0.2) is 199 Å². The fourth-order valence-electron chi connectivity index (χ4n) is 9.55. The minimum atomic E-state index is -0.570. The molecule has 3 heteroatoms. The van der Waals surface area contributed by atoms with E-state index in [2.05, 4.69) is 170 Å². The summed E-state index contributed by atoms with van der Waals surface area (Å²) in [5.41, 5.74) is 18.6. The first kappa shape index (κ1) is 31.0. The van der Waals surface area contributed by atoms with Gasteiger partial charge in [-0.15, -0.1) is 0 Å². The molecule has 0 fully saturated rings. The molecule has 2 aliphatic carbocycles. The normalized spacial score (nSPS) is 13.1. The molecule has 0 atom stereocenters. The Morgan fingerprint density at radius 3 is 1.50 bits per heavy atom. The topological polar surface area (TPSA) is 38.9 Å². The molecule has 260 valence electrons. The molecule has 0 saturated heterocycles. The Morgan fingerprint density at radius 1 is 0.321 bits per heavy atom. The molecule has 0 bridgehead atoms. The third-order valence-electron chi connectivity index (χ3n) is 11.9. The Kier molecular flexibility index (Phi) is 6.55. The van der Waals surface area contributed by atoms with E-state index in [0.717, 1.165) is 50.0 Å². The Hall–Kier alpha value is -7.36. The van der Waals surface area contributed by atoms with Gasteiger partial charge in [-0.1, -0.05) is 158 Å². The highest BCUT2D eigenvalue weighted by Gasteiger charge is 2.49. The second-order valence-corrected chi connectivity index (χ2v) is 14.8. The standard InChI is InChI=1S/C53H32N2O/c1-2-14-33(15-3-1)48-32-49(55-52(54-48)35-27-29-51-43(30-35)42-21-9-13-25-50(42)56-51)34-26-28-41-40-20-8-12-24-46(40)53(47(41)31-34)44-22-10-6-18-38(44)36-16-4-5-17-37(36)39-19-7-11-23-45(39)53/h1-32H. The molecule has 0 aliphatic heterocycles. The molecular weight excluding hydrogens is 681 g/mol. The summed E-state index contributed by atoms with van der Waals surface area (Å²) in [7, 11) is 0. The smallest absolute Gasteiger partial charge is 0.160 e. The van der Waals surface area contributed by atoms with Gasteiger partial charge in [0.1, 0.15) is 11.2 Å². The number of hydrogen-bond acceptors (Lipinski definition) is 3. The summed E-state index contributed by atoms with van der Waals surface area (Å²) in [6, 6.07) is 69.9. The summed E-state index contributed by atoms with van der Waals surface area (Å²) in [5.74, 6) is 0.674. The minimum absolute atomic E-state index is 0.570. The summed E-state index contributed by atoms with van der Waals surface area (Å²) in [6.07, 6.45) is 0. The van der Waals surface area contributed by atoms with Crippen molar-refractivity contribution in [1.82, 2.24) is 9.97 Å². The zero-order valence-corrected chi connectivity index (χ0v) is 30.3. The van der Waals surface area contributed by atoms with E-state index in [1.807, 2.05) is 24.3 Å². The van der Waals surface area contributed by atoms with Gasteiger partial charge in [-0.05, 0) is 92.0 Å². The van der Waals surface area contributed by atoms with E-state index in [1.165, 1.54) is 55.6 Å². The second-order valence-electron chi connectivity index (χ2n) is 14.8. The predicted molar refractivity (Wildman–Crippen MR) is 227 cm³/mol. The zero-order chi connectivity index (χ0) is 36.8. The monoisotopic (exact) mass is 712 g/mol. The van der Waals surface area contributed by atoms with Gasteiger partial charge in [0.15, 0.2) is 5.82 Å².